The highest BCUT2D eigenvalue weighted by Crippen LogP contribution is 2.30. The van der Waals surface area contributed by atoms with Gasteiger partial charge in [-0.05, 0) is 50.4 Å². The van der Waals surface area contributed by atoms with Crippen molar-refractivity contribution in [3.05, 3.63) is 0 Å². The van der Waals surface area contributed by atoms with Gasteiger partial charge in [-0.15, -0.1) is 0 Å². The van der Waals surface area contributed by atoms with Crippen LogP contribution in [0.25, 0.3) is 0 Å². The number of rotatable bonds is 2. The normalized spacial score (nSPS) is 34.7. The first-order valence-corrected chi connectivity index (χ1v) is 7.10. The van der Waals surface area contributed by atoms with Crippen LogP contribution in [0.15, 0.2) is 0 Å². The molecule has 1 aliphatic carbocycles. The SMILES string of the molecule is CC1CCC(C(=O)N2CCCC(CO)C2)CC1. The Morgan fingerprint density at radius 1 is 1.24 bits per heavy atom. The van der Waals surface area contributed by atoms with E-state index in [0.29, 0.717) is 11.8 Å². The zero-order valence-corrected chi connectivity index (χ0v) is 10.9. The van der Waals surface area contributed by atoms with Gasteiger partial charge in [0.05, 0.1) is 0 Å². The first-order chi connectivity index (χ1) is 8.20. The predicted molar refractivity (Wildman–Crippen MR) is 67.5 cm³/mol. The first-order valence-electron chi connectivity index (χ1n) is 7.10. The van der Waals surface area contributed by atoms with E-state index in [2.05, 4.69) is 6.92 Å². The van der Waals surface area contributed by atoms with Crippen LogP contribution in [-0.2, 0) is 4.79 Å². The average molecular weight is 239 g/mol. The van der Waals surface area contributed by atoms with Crippen LogP contribution in [0.4, 0.5) is 0 Å². The third-order valence-corrected chi connectivity index (χ3v) is 4.45. The molecule has 98 valence electrons. The van der Waals surface area contributed by atoms with E-state index in [1.807, 2.05) is 4.90 Å². The van der Waals surface area contributed by atoms with E-state index in [-0.39, 0.29) is 12.5 Å². The highest BCUT2D eigenvalue weighted by Gasteiger charge is 2.30. The standard InChI is InChI=1S/C14H25NO2/c1-11-4-6-13(7-5-11)14(17)15-8-2-3-12(9-15)10-16/h11-13,16H,2-10H2,1H3. The van der Waals surface area contributed by atoms with Crippen LogP contribution in [0.2, 0.25) is 0 Å². The summed E-state index contributed by atoms with van der Waals surface area (Å²) in [4.78, 5) is 14.4. The summed E-state index contributed by atoms with van der Waals surface area (Å²) < 4.78 is 0. The van der Waals surface area contributed by atoms with Crippen LogP contribution < -0.4 is 0 Å². The van der Waals surface area contributed by atoms with Gasteiger partial charge in [-0.25, -0.2) is 0 Å². The van der Waals surface area contributed by atoms with Gasteiger partial charge in [-0.2, -0.15) is 0 Å². The minimum absolute atomic E-state index is 0.228. The zero-order valence-electron chi connectivity index (χ0n) is 10.9. The molecule has 1 N–H and O–H groups in total. The lowest BCUT2D eigenvalue weighted by Gasteiger charge is -2.36. The van der Waals surface area contributed by atoms with Gasteiger partial charge in [0.1, 0.15) is 0 Å². The van der Waals surface area contributed by atoms with Crippen molar-refractivity contribution in [1.82, 2.24) is 4.90 Å². The van der Waals surface area contributed by atoms with Crippen molar-refractivity contribution < 1.29 is 9.90 Å². The van der Waals surface area contributed by atoms with Crippen molar-refractivity contribution in [1.29, 1.82) is 0 Å². The van der Waals surface area contributed by atoms with Gasteiger partial charge in [0.25, 0.3) is 0 Å². The fourth-order valence-corrected chi connectivity index (χ4v) is 3.18. The molecule has 17 heavy (non-hydrogen) atoms. The topological polar surface area (TPSA) is 40.5 Å². The summed E-state index contributed by atoms with van der Waals surface area (Å²) in [6.07, 6.45) is 6.67. The minimum atomic E-state index is 0.228. The van der Waals surface area contributed by atoms with Gasteiger partial charge in [0, 0.05) is 25.6 Å². The molecule has 3 heteroatoms. The Labute approximate surface area is 104 Å². The van der Waals surface area contributed by atoms with E-state index in [1.165, 1.54) is 12.8 Å². The highest BCUT2D eigenvalue weighted by molar-refractivity contribution is 5.79. The Bertz CT molecular complexity index is 259. The summed E-state index contributed by atoms with van der Waals surface area (Å²) >= 11 is 0. The van der Waals surface area contributed by atoms with Crippen LogP contribution >= 0.6 is 0 Å². The Kier molecular flexibility index (Phi) is 4.43. The number of aliphatic hydroxyl groups is 1. The number of likely N-dealkylation sites (tertiary alicyclic amines) is 1. The summed E-state index contributed by atoms with van der Waals surface area (Å²) in [5.41, 5.74) is 0. The van der Waals surface area contributed by atoms with Gasteiger partial charge in [-0.3, -0.25) is 4.79 Å². The van der Waals surface area contributed by atoms with Crippen molar-refractivity contribution >= 4 is 5.91 Å². The van der Waals surface area contributed by atoms with Gasteiger partial charge in [0.15, 0.2) is 0 Å². The number of carbonyl (C=O) groups excluding carboxylic acids is 1. The maximum Gasteiger partial charge on any atom is 0.225 e. The number of piperidine rings is 1. The number of nitrogens with zero attached hydrogens (tertiary/aromatic N) is 1. The molecule has 1 saturated heterocycles. The molecular formula is C14H25NO2. The van der Waals surface area contributed by atoms with Crippen LogP contribution in [0.1, 0.15) is 45.4 Å². The molecule has 0 aromatic rings. The van der Waals surface area contributed by atoms with Crippen molar-refractivity contribution in [3.8, 4) is 0 Å². The second-order valence-corrected chi connectivity index (χ2v) is 5.93. The van der Waals surface area contributed by atoms with Gasteiger partial charge in [0.2, 0.25) is 5.91 Å². The lowest BCUT2D eigenvalue weighted by atomic mass is 9.82. The number of carbonyl (C=O) groups is 1. The van der Waals surface area contributed by atoms with Crippen molar-refractivity contribution in [2.75, 3.05) is 19.7 Å². The molecule has 0 aromatic heterocycles. The van der Waals surface area contributed by atoms with E-state index >= 15 is 0 Å². The first kappa shape index (κ1) is 12.9. The Morgan fingerprint density at radius 2 is 1.94 bits per heavy atom. The van der Waals surface area contributed by atoms with Crippen LogP contribution in [0, 0.1) is 17.8 Å². The lowest BCUT2D eigenvalue weighted by molar-refractivity contribution is -0.139. The molecule has 1 aliphatic heterocycles. The molecule has 0 aromatic carbocycles. The predicted octanol–water partition coefficient (Wildman–Crippen LogP) is 2.04. The quantitative estimate of drug-likeness (QED) is 0.801. The van der Waals surface area contributed by atoms with Crippen LogP contribution in [0.3, 0.4) is 0 Å². The summed E-state index contributed by atoms with van der Waals surface area (Å²) in [6.45, 7) is 4.19. The molecule has 2 rings (SSSR count). The van der Waals surface area contributed by atoms with E-state index in [9.17, 15) is 9.90 Å². The Balaban J connectivity index is 1.86. The molecule has 1 heterocycles. The second kappa shape index (κ2) is 5.85. The summed E-state index contributed by atoms with van der Waals surface area (Å²) in [5, 5.41) is 9.20. The molecule has 1 atom stereocenters. The lowest BCUT2D eigenvalue weighted by Crippen LogP contribution is -2.44. The third-order valence-electron chi connectivity index (χ3n) is 4.45. The molecule has 1 amide bonds. The van der Waals surface area contributed by atoms with Crippen molar-refractivity contribution in [2.24, 2.45) is 17.8 Å². The highest BCUT2D eigenvalue weighted by atomic mass is 16.3. The molecular weight excluding hydrogens is 214 g/mol. The van der Waals surface area contributed by atoms with Crippen molar-refractivity contribution in [3.63, 3.8) is 0 Å². The smallest absolute Gasteiger partial charge is 0.225 e. The number of hydrogen-bond acceptors (Lipinski definition) is 2. The van der Waals surface area contributed by atoms with Crippen molar-refractivity contribution in [2.45, 2.75) is 45.4 Å². The molecule has 0 radical (unpaired) electrons. The molecule has 1 saturated carbocycles. The maximum absolute atomic E-state index is 12.4. The minimum Gasteiger partial charge on any atom is -0.396 e. The molecule has 3 nitrogen and oxygen atoms in total. The summed E-state index contributed by atoms with van der Waals surface area (Å²) in [5.74, 6) is 1.74. The fraction of sp³-hybridized carbons (Fsp3) is 0.929. The van der Waals surface area contributed by atoms with Crippen LogP contribution in [-0.4, -0.2) is 35.6 Å². The number of aliphatic hydroxyl groups excluding tert-OH is 1. The molecule has 1 unspecified atom stereocenters. The third kappa shape index (κ3) is 3.21. The molecule has 2 aliphatic rings. The average Bonchev–Trinajstić information content (AvgIpc) is 2.39. The van der Waals surface area contributed by atoms with Gasteiger partial charge < -0.3 is 10.0 Å². The monoisotopic (exact) mass is 239 g/mol. The molecule has 2 fully saturated rings. The maximum atomic E-state index is 12.4. The van der Waals surface area contributed by atoms with E-state index in [1.54, 1.807) is 0 Å². The van der Waals surface area contributed by atoms with Gasteiger partial charge in [-0.1, -0.05) is 6.92 Å². The Morgan fingerprint density at radius 3 is 2.59 bits per heavy atom. The summed E-state index contributed by atoms with van der Waals surface area (Å²) in [7, 11) is 0. The largest absolute Gasteiger partial charge is 0.396 e. The van der Waals surface area contributed by atoms with E-state index in [4.69, 9.17) is 0 Å². The second-order valence-electron chi connectivity index (χ2n) is 5.93. The molecule has 0 bridgehead atoms. The Hall–Kier alpha value is -0.570. The van der Waals surface area contributed by atoms with Crippen LogP contribution in [0.5, 0.6) is 0 Å². The summed E-state index contributed by atoms with van der Waals surface area (Å²) in [6, 6.07) is 0. The van der Waals surface area contributed by atoms with E-state index < -0.39 is 0 Å². The molecule has 0 spiro atoms. The fourth-order valence-electron chi connectivity index (χ4n) is 3.18. The number of amides is 1. The van der Waals surface area contributed by atoms with E-state index in [0.717, 1.165) is 44.7 Å². The zero-order chi connectivity index (χ0) is 12.3. The van der Waals surface area contributed by atoms with Gasteiger partial charge >= 0.3 is 0 Å². The number of hydrogen-bond donors (Lipinski definition) is 1.